The molecule has 0 radical (unpaired) electrons. The fourth-order valence-corrected chi connectivity index (χ4v) is 4.25. The van der Waals surface area contributed by atoms with Crippen LogP contribution in [0.5, 0.6) is 0 Å². The first-order valence-electron chi connectivity index (χ1n) is 13.4. The van der Waals surface area contributed by atoms with Crippen molar-refractivity contribution in [2.75, 3.05) is 0 Å². The SMILES string of the molecule is CCCCCCc1cnc(C(=O)OC(CC)c2ccc(-c3ccc(CCCCC)cc3)cc2)nc1. The van der Waals surface area contributed by atoms with Crippen molar-refractivity contribution in [2.45, 2.75) is 91.1 Å². The summed E-state index contributed by atoms with van der Waals surface area (Å²) in [6.07, 6.45) is 14.5. The Morgan fingerprint density at radius 3 is 1.86 bits per heavy atom. The predicted octanol–water partition coefficient (Wildman–Crippen LogP) is 8.31. The highest BCUT2D eigenvalue weighted by atomic mass is 16.5. The molecule has 3 aromatic rings. The monoisotopic (exact) mass is 472 g/mol. The summed E-state index contributed by atoms with van der Waals surface area (Å²) in [5.41, 5.74) is 5.79. The Morgan fingerprint density at radius 1 is 0.714 bits per heavy atom. The van der Waals surface area contributed by atoms with Crippen molar-refractivity contribution in [3.8, 4) is 11.1 Å². The molecule has 2 aromatic carbocycles. The molecule has 0 fully saturated rings. The van der Waals surface area contributed by atoms with Crippen LogP contribution in [0, 0.1) is 0 Å². The maximum atomic E-state index is 12.7. The summed E-state index contributed by atoms with van der Waals surface area (Å²) in [4.78, 5) is 21.2. The Balaban J connectivity index is 1.57. The van der Waals surface area contributed by atoms with Crippen molar-refractivity contribution in [2.24, 2.45) is 0 Å². The van der Waals surface area contributed by atoms with Gasteiger partial charge in [0.25, 0.3) is 0 Å². The van der Waals surface area contributed by atoms with Crippen LogP contribution in [-0.2, 0) is 17.6 Å². The first-order chi connectivity index (χ1) is 17.1. The van der Waals surface area contributed by atoms with Gasteiger partial charge in [-0.2, -0.15) is 0 Å². The number of carbonyl (C=O) groups is 1. The van der Waals surface area contributed by atoms with E-state index in [-0.39, 0.29) is 11.9 Å². The van der Waals surface area contributed by atoms with Crippen LogP contribution in [0.4, 0.5) is 0 Å². The van der Waals surface area contributed by atoms with Gasteiger partial charge in [-0.15, -0.1) is 0 Å². The lowest BCUT2D eigenvalue weighted by Crippen LogP contribution is -2.14. The van der Waals surface area contributed by atoms with Gasteiger partial charge in [0.2, 0.25) is 5.82 Å². The van der Waals surface area contributed by atoms with Gasteiger partial charge in [-0.25, -0.2) is 14.8 Å². The molecular formula is C31H40N2O2. The van der Waals surface area contributed by atoms with Gasteiger partial charge in [-0.3, -0.25) is 0 Å². The second-order valence-electron chi connectivity index (χ2n) is 9.30. The Hall–Kier alpha value is -3.01. The van der Waals surface area contributed by atoms with E-state index in [0.29, 0.717) is 6.42 Å². The quantitative estimate of drug-likeness (QED) is 0.175. The summed E-state index contributed by atoms with van der Waals surface area (Å²) in [5, 5.41) is 0. The molecule has 3 rings (SSSR count). The average Bonchev–Trinajstić information content (AvgIpc) is 2.91. The Kier molecular flexibility index (Phi) is 10.9. The number of hydrogen-bond acceptors (Lipinski definition) is 4. The van der Waals surface area contributed by atoms with Crippen LogP contribution in [0.2, 0.25) is 0 Å². The Bertz CT molecular complexity index is 1010. The number of benzene rings is 2. The third-order valence-electron chi connectivity index (χ3n) is 6.47. The minimum absolute atomic E-state index is 0.122. The van der Waals surface area contributed by atoms with Crippen LogP contribution in [0.15, 0.2) is 60.9 Å². The van der Waals surface area contributed by atoms with E-state index >= 15 is 0 Å². The molecule has 0 saturated heterocycles. The van der Waals surface area contributed by atoms with Gasteiger partial charge in [0, 0.05) is 12.4 Å². The van der Waals surface area contributed by atoms with Crippen molar-refractivity contribution in [1.29, 1.82) is 0 Å². The molecule has 0 aliphatic carbocycles. The molecule has 1 aromatic heterocycles. The molecule has 1 atom stereocenters. The van der Waals surface area contributed by atoms with E-state index in [1.807, 2.05) is 19.1 Å². The molecule has 0 N–H and O–H groups in total. The maximum absolute atomic E-state index is 12.7. The van der Waals surface area contributed by atoms with Crippen molar-refractivity contribution < 1.29 is 9.53 Å². The summed E-state index contributed by atoms with van der Waals surface area (Å²) < 4.78 is 5.77. The van der Waals surface area contributed by atoms with E-state index in [1.54, 1.807) is 12.4 Å². The van der Waals surface area contributed by atoms with Crippen molar-refractivity contribution in [3.63, 3.8) is 0 Å². The predicted molar refractivity (Wildman–Crippen MR) is 143 cm³/mol. The topological polar surface area (TPSA) is 52.1 Å². The van der Waals surface area contributed by atoms with Crippen LogP contribution in [0.3, 0.4) is 0 Å². The molecule has 186 valence electrons. The number of carbonyl (C=O) groups excluding carboxylic acids is 1. The number of unbranched alkanes of at least 4 members (excludes halogenated alkanes) is 5. The molecule has 0 amide bonds. The van der Waals surface area contributed by atoms with Crippen LogP contribution >= 0.6 is 0 Å². The molecule has 0 saturated carbocycles. The third-order valence-corrected chi connectivity index (χ3v) is 6.47. The number of ether oxygens (including phenoxy) is 1. The lowest BCUT2D eigenvalue weighted by atomic mass is 9.99. The van der Waals surface area contributed by atoms with Gasteiger partial charge in [0.05, 0.1) is 0 Å². The number of nitrogens with zero attached hydrogens (tertiary/aromatic N) is 2. The first kappa shape index (κ1) is 26.6. The zero-order chi connectivity index (χ0) is 24.9. The lowest BCUT2D eigenvalue weighted by molar-refractivity contribution is 0.0273. The molecule has 0 aliphatic heterocycles. The van der Waals surface area contributed by atoms with E-state index < -0.39 is 5.97 Å². The number of rotatable bonds is 14. The highest BCUT2D eigenvalue weighted by Gasteiger charge is 2.18. The fourth-order valence-electron chi connectivity index (χ4n) is 4.25. The van der Waals surface area contributed by atoms with Crippen molar-refractivity contribution in [3.05, 3.63) is 83.4 Å². The normalized spacial score (nSPS) is 11.9. The first-order valence-corrected chi connectivity index (χ1v) is 13.4. The Labute approximate surface area is 211 Å². The van der Waals surface area contributed by atoms with E-state index in [1.165, 1.54) is 49.7 Å². The summed E-state index contributed by atoms with van der Waals surface area (Å²) in [6, 6.07) is 17.1. The van der Waals surface area contributed by atoms with Crippen molar-refractivity contribution in [1.82, 2.24) is 9.97 Å². The van der Waals surface area contributed by atoms with E-state index in [4.69, 9.17) is 4.74 Å². The highest BCUT2D eigenvalue weighted by molar-refractivity contribution is 5.85. The van der Waals surface area contributed by atoms with Gasteiger partial charge in [-0.05, 0) is 59.9 Å². The van der Waals surface area contributed by atoms with Gasteiger partial charge in [-0.1, -0.05) is 101 Å². The summed E-state index contributed by atoms with van der Waals surface area (Å²) >= 11 is 0. The van der Waals surface area contributed by atoms with Crippen LogP contribution < -0.4 is 0 Å². The summed E-state index contributed by atoms with van der Waals surface area (Å²) in [6.45, 7) is 6.45. The molecular weight excluding hydrogens is 432 g/mol. The molecule has 1 heterocycles. The minimum atomic E-state index is -0.475. The van der Waals surface area contributed by atoms with E-state index in [0.717, 1.165) is 36.0 Å². The second kappa shape index (κ2) is 14.4. The lowest BCUT2D eigenvalue weighted by Gasteiger charge is -2.16. The number of esters is 1. The highest BCUT2D eigenvalue weighted by Crippen LogP contribution is 2.26. The minimum Gasteiger partial charge on any atom is -0.452 e. The maximum Gasteiger partial charge on any atom is 0.376 e. The number of hydrogen-bond donors (Lipinski definition) is 0. The van der Waals surface area contributed by atoms with Crippen molar-refractivity contribution >= 4 is 5.97 Å². The standard InChI is InChI=1S/C31H40N2O2/c1-4-7-9-11-13-25-22-32-30(33-23-25)31(34)35-29(6-3)28-20-18-27(19-21-28)26-16-14-24(15-17-26)12-10-8-5-2/h14-23,29H,4-13H2,1-3H3. The molecule has 0 aliphatic rings. The fraction of sp³-hybridized carbons (Fsp3) is 0.452. The third kappa shape index (κ3) is 8.31. The van der Waals surface area contributed by atoms with Gasteiger partial charge in [0.15, 0.2) is 0 Å². The largest absolute Gasteiger partial charge is 0.452 e. The van der Waals surface area contributed by atoms with Crippen LogP contribution in [0.25, 0.3) is 11.1 Å². The smallest absolute Gasteiger partial charge is 0.376 e. The van der Waals surface area contributed by atoms with Gasteiger partial charge >= 0.3 is 5.97 Å². The number of aryl methyl sites for hydroxylation is 2. The molecule has 0 spiro atoms. The zero-order valence-corrected chi connectivity index (χ0v) is 21.6. The Morgan fingerprint density at radius 2 is 1.26 bits per heavy atom. The number of aromatic nitrogens is 2. The molecule has 1 unspecified atom stereocenters. The summed E-state index contributed by atoms with van der Waals surface area (Å²) in [7, 11) is 0. The van der Waals surface area contributed by atoms with Crippen LogP contribution in [0.1, 0.15) is 106 Å². The molecule has 0 bridgehead atoms. The average molecular weight is 473 g/mol. The van der Waals surface area contributed by atoms with Gasteiger partial charge < -0.3 is 4.74 Å². The summed E-state index contributed by atoms with van der Waals surface area (Å²) in [5.74, 6) is -0.353. The molecule has 4 heteroatoms. The zero-order valence-electron chi connectivity index (χ0n) is 21.6. The molecule has 4 nitrogen and oxygen atoms in total. The van der Waals surface area contributed by atoms with E-state index in [9.17, 15) is 4.79 Å². The van der Waals surface area contributed by atoms with E-state index in [2.05, 4.69) is 60.2 Å². The second-order valence-corrected chi connectivity index (χ2v) is 9.30. The molecule has 35 heavy (non-hydrogen) atoms. The van der Waals surface area contributed by atoms with Gasteiger partial charge in [0.1, 0.15) is 6.10 Å². The van der Waals surface area contributed by atoms with Crippen LogP contribution in [-0.4, -0.2) is 15.9 Å².